The SMILES string of the molecule is CCc1ccc2[nH]c(=O)c([C@H](c3nnnn3CCc3ccccc3)N(Cc3ccc(OC)cc3)Cc3ccccc3Cl)cc2c1. The summed E-state index contributed by atoms with van der Waals surface area (Å²) in [5.41, 5.74) is 5.51. The summed E-state index contributed by atoms with van der Waals surface area (Å²) in [6, 6.07) is 33.5. The molecule has 8 nitrogen and oxygen atoms in total. The molecule has 0 aliphatic carbocycles. The lowest BCUT2D eigenvalue weighted by molar-refractivity contribution is 0.193. The van der Waals surface area contributed by atoms with Gasteiger partial charge in [0.1, 0.15) is 11.8 Å². The number of halogens is 1. The molecule has 0 aliphatic heterocycles. The van der Waals surface area contributed by atoms with Gasteiger partial charge in [-0.3, -0.25) is 9.69 Å². The highest BCUT2D eigenvalue weighted by atomic mass is 35.5. The number of nitrogens with one attached hydrogen (secondary N) is 1. The van der Waals surface area contributed by atoms with Crippen LogP contribution in [0.4, 0.5) is 0 Å². The summed E-state index contributed by atoms with van der Waals surface area (Å²) in [4.78, 5) is 19.3. The summed E-state index contributed by atoms with van der Waals surface area (Å²) in [5, 5.41) is 14.7. The highest BCUT2D eigenvalue weighted by molar-refractivity contribution is 6.31. The zero-order valence-electron chi connectivity index (χ0n) is 25.4. The Balaban J connectivity index is 1.50. The number of H-pyrrole nitrogens is 1. The number of pyridine rings is 1. The van der Waals surface area contributed by atoms with Crippen LogP contribution in [0.2, 0.25) is 5.02 Å². The summed E-state index contributed by atoms with van der Waals surface area (Å²) in [6.45, 7) is 3.63. The average Bonchev–Trinajstić information content (AvgIpc) is 3.53. The minimum atomic E-state index is -0.590. The fraction of sp³-hybridized carbons (Fsp3) is 0.222. The third kappa shape index (κ3) is 6.98. The van der Waals surface area contributed by atoms with Gasteiger partial charge < -0.3 is 9.72 Å². The second-order valence-electron chi connectivity index (χ2n) is 11.1. The predicted molar refractivity (Wildman–Crippen MR) is 177 cm³/mol. The van der Waals surface area contributed by atoms with E-state index in [0.717, 1.165) is 40.6 Å². The molecule has 0 aliphatic rings. The fourth-order valence-corrected chi connectivity index (χ4v) is 5.89. The van der Waals surface area contributed by atoms with Crippen LogP contribution in [0, 0.1) is 0 Å². The summed E-state index contributed by atoms with van der Waals surface area (Å²) < 4.78 is 7.23. The molecule has 228 valence electrons. The number of fused-ring (bicyclic) bond motifs is 1. The Hall–Kier alpha value is -4.79. The zero-order chi connectivity index (χ0) is 31.2. The number of nitrogens with zero attached hydrogens (tertiary/aromatic N) is 5. The first-order chi connectivity index (χ1) is 22.0. The number of aromatic nitrogens is 5. The maximum Gasteiger partial charge on any atom is 0.253 e. The number of methoxy groups -OCH3 is 1. The molecule has 0 unspecified atom stereocenters. The minimum absolute atomic E-state index is 0.187. The largest absolute Gasteiger partial charge is 0.497 e. The molecule has 0 saturated heterocycles. The predicted octanol–water partition coefficient (Wildman–Crippen LogP) is 6.77. The third-order valence-electron chi connectivity index (χ3n) is 8.14. The van der Waals surface area contributed by atoms with E-state index in [9.17, 15) is 4.79 Å². The van der Waals surface area contributed by atoms with Crippen LogP contribution in [0.1, 0.15) is 46.6 Å². The van der Waals surface area contributed by atoms with Crippen molar-refractivity contribution in [2.45, 2.75) is 45.4 Å². The van der Waals surface area contributed by atoms with E-state index in [1.807, 2.05) is 89.6 Å². The first kappa shape index (κ1) is 30.2. The van der Waals surface area contributed by atoms with Gasteiger partial charge in [0.05, 0.1) is 7.11 Å². The molecule has 2 heterocycles. The monoisotopic (exact) mass is 618 g/mol. The highest BCUT2D eigenvalue weighted by Crippen LogP contribution is 2.32. The van der Waals surface area contributed by atoms with Crippen LogP contribution in [0.5, 0.6) is 5.75 Å². The van der Waals surface area contributed by atoms with Crippen molar-refractivity contribution in [1.82, 2.24) is 30.1 Å². The summed E-state index contributed by atoms with van der Waals surface area (Å²) in [7, 11) is 1.65. The molecule has 4 aromatic carbocycles. The Morgan fingerprint density at radius 1 is 0.889 bits per heavy atom. The molecular formula is C36H35ClN6O2. The van der Waals surface area contributed by atoms with Gasteiger partial charge in [-0.1, -0.05) is 85.3 Å². The zero-order valence-corrected chi connectivity index (χ0v) is 26.1. The number of hydrogen-bond acceptors (Lipinski definition) is 6. The lowest BCUT2D eigenvalue weighted by Crippen LogP contribution is -2.35. The molecule has 0 saturated carbocycles. The Kier molecular flexibility index (Phi) is 9.33. The number of aryl methyl sites for hydroxylation is 3. The molecule has 0 radical (unpaired) electrons. The smallest absolute Gasteiger partial charge is 0.253 e. The van der Waals surface area contributed by atoms with Gasteiger partial charge in [-0.2, -0.15) is 0 Å². The normalized spacial score (nSPS) is 12.1. The van der Waals surface area contributed by atoms with Crippen LogP contribution in [-0.2, 0) is 32.5 Å². The van der Waals surface area contributed by atoms with Gasteiger partial charge in [0.15, 0.2) is 5.82 Å². The Bertz CT molecular complexity index is 1940. The standard InChI is InChI=1S/C36H35ClN6O2/c1-3-25-15-18-33-29(21-25)22-31(36(44)38-33)34(35-39-40-41-43(35)20-19-26-9-5-4-6-10-26)42(24-28-11-7-8-12-32(28)37)23-27-13-16-30(45-2)17-14-27/h4-18,21-22,34H,3,19-20,23-24H2,1-2H3,(H,38,44)/t34-/m1/s1. The molecule has 45 heavy (non-hydrogen) atoms. The number of aromatic amines is 1. The molecule has 0 bridgehead atoms. The average molecular weight is 619 g/mol. The van der Waals surface area contributed by atoms with Gasteiger partial charge in [0.2, 0.25) is 0 Å². The van der Waals surface area contributed by atoms with Gasteiger partial charge in [-0.05, 0) is 87.3 Å². The van der Waals surface area contributed by atoms with Crippen molar-refractivity contribution in [2.24, 2.45) is 0 Å². The van der Waals surface area contributed by atoms with Gasteiger partial charge in [0.25, 0.3) is 5.56 Å². The van der Waals surface area contributed by atoms with Crippen molar-refractivity contribution in [3.63, 3.8) is 0 Å². The van der Waals surface area contributed by atoms with E-state index in [2.05, 4.69) is 50.5 Å². The summed E-state index contributed by atoms with van der Waals surface area (Å²) in [5.74, 6) is 1.36. The molecule has 2 aromatic heterocycles. The van der Waals surface area contributed by atoms with Gasteiger partial charge >= 0.3 is 0 Å². The third-order valence-corrected chi connectivity index (χ3v) is 8.51. The maximum atomic E-state index is 14.0. The number of tetrazole rings is 1. The van der Waals surface area contributed by atoms with Crippen molar-refractivity contribution in [2.75, 3.05) is 7.11 Å². The number of rotatable bonds is 12. The Labute approximate surface area is 267 Å². The minimum Gasteiger partial charge on any atom is -0.497 e. The molecule has 0 spiro atoms. The molecule has 6 aromatic rings. The molecule has 9 heteroatoms. The molecule has 1 atom stereocenters. The topological polar surface area (TPSA) is 88.9 Å². The van der Waals surface area contributed by atoms with Crippen LogP contribution in [0.15, 0.2) is 108 Å². The quantitative estimate of drug-likeness (QED) is 0.163. The van der Waals surface area contributed by atoms with E-state index in [1.165, 1.54) is 11.1 Å². The van der Waals surface area contributed by atoms with Crippen LogP contribution >= 0.6 is 11.6 Å². The van der Waals surface area contributed by atoms with E-state index in [1.54, 1.807) is 7.11 Å². The maximum absolute atomic E-state index is 14.0. The molecule has 6 rings (SSSR count). The van der Waals surface area contributed by atoms with E-state index in [-0.39, 0.29) is 5.56 Å². The van der Waals surface area contributed by atoms with Crippen molar-refractivity contribution in [1.29, 1.82) is 0 Å². The van der Waals surface area contributed by atoms with E-state index < -0.39 is 6.04 Å². The highest BCUT2D eigenvalue weighted by Gasteiger charge is 2.31. The Morgan fingerprint density at radius 3 is 2.40 bits per heavy atom. The second kappa shape index (κ2) is 13.9. The molecule has 0 fully saturated rings. The van der Waals surface area contributed by atoms with Crippen LogP contribution in [-0.4, -0.2) is 37.2 Å². The first-order valence-corrected chi connectivity index (χ1v) is 15.5. The lowest BCUT2D eigenvalue weighted by atomic mass is 10.00. The van der Waals surface area contributed by atoms with Crippen LogP contribution in [0.25, 0.3) is 10.9 Å². The van der Waals surface area contributed by atoms with Crippen LogP contribution < -0.4 is 10.3 Å². The molecule has 1 N–H and O–H groups in total. The van der Waals surface area contributed by atoms with Gasteiger partial charge in [0, 0.05) is 35.7 Å². The van der Waals surface area contributed by atoms with Crippen molar-refractivity contribution in [3.05, 3.63) is 152 Å². The van der Waals surface area contributed by atoms with Crippen molar-refractivity contribution >= 4 is 22.5 Å². The van der Waals surface area contributed by atoms with E-state index in [4.69, 9.17) is 16.3 Å². The summed E-state index contributed by atoms with van der Waals surface area (Å²) >= 11 is 6.72. The number of ether oxygens (including phenoxy) is 1. The molecule has 0 amide bonds. The number of benzene rings is 4. The van der Waals surface area contributed by atoms with Crippen molar-refractivity contribution < 1.29 is 4.74 Å². The summed E-state index contributed by atoms with van der Waals surface area (Å²) in [6.07, 6.45) is 1.63. The first-order valence-electron chi connectivity index (χ1n) is 15.1. The molecular weight excluding hydrogens is 584 g/mol. The van der Waals surface area contributed by atoms with E-state index in [0.29, 0.717) is 36.0 Å². The van der Waals surface area contributed by atoms with Gasteiger partial charge in [-0.15, -0.1) is 5.10 Å². The van der Waals surface area contributed by atoms with Crippen LogP contribution in [0.3, 0.4) is 0 Å². The Morgan fingerprint density at radius 2 is 1.64 bits per heavy atom. The fourth-order valence-electron chi connectivity index (χ4n) is 5.69. The second-order valence-corrected chi connectivity index (χ2v) is 11.5. The van der Waals surface area contributed by atoms with Gasteiger partial charge in [-0.25, -0.2) is 4.68 Å². The lowest BCUT2D eigenvalue weighted by Gasteiger charge is -2.31. The van der Waals surface area contributed by atoms with E-state index >= 15 is 0 Å². The van der Waals surface area contributed by atoms with Crippen molar-refractivity contribution in [3.8, 4) is 5.75 Å². The number of hydrogen-bond donors (Lipinski definition) is 1.